The van der Waals surface area contributed by atoms with E-state index in [0.29, 0.717) is 6.54 Å². The molecule has 0 fully saturated rings. The lowest BCUT2D eigenvalue weighted by molar-refractivity contribution is 0.170. The molecule has 0 amide bonds. The number of nitrogens with zero attached hydrogens (tertiary/aromatic N) is 2. The Morgan fingerprint density at radius 1 is 1.56 bits per heavy atom. The van der Waals surface area contributed by atoms with Crippen LogP contribution in [0.25, 0.3) is 11.0 Å². The van der Waals surface area contributed by atoms with E-state index in [1.165, 1.54) is 0 Å². The summed E-state index contributed by atoms with van der Waals surface area (Å²) in [7, 11) is 3.76. The van der Waals surface area contributed by atoms with E-state index >= 15 is 0 Å². The Morgan fingerprint density at radius 3 is 3.00 bits per heavy atom. The molecule has 0 saturated heterocycles. The molecule has 0 aliphatic rings. The van der Waals surface area contributed by atoms with Gasteiger partial charge in [0.1, 0.15) is 6.10 Å². The van der Waals surface area contributed by atoms with Gasteiger partial charge >= 0.3 is 0 Å². The standard InChI is InChI=1S/C11H14BrN3O/c1-13-6-11(16)10-4-8-9(15(10)2)3-7(12)5-14-8/h3-5,11,13,16H,6H2,1-2H3. The van der Waals surface area contributed by atoms with Gasteiger partial charge in [0, 0.05) is 24.3 Å². The van der Waals surface area contributed by atoms with Gasteiger partial charge in [-0.05, 0) is 35.1 Å². The fraction of sp³-hybridized carbons (Fsp3) is 0.364. The quantitative estimate of drug-likeness (QED) is 0.900. The number of halogens is 1. The minimum atomic E-state index is -0.511. The van der Waals surface area contributed by atoms with Crippen LogP contribution in [-0.2, 0) is 7.05 Å². The summed E-state index contributed by atoms with van der Waals surface area (Å²) < 4.78 is 2.91. The molecule has 0 spiro atoms. The molecule has 86 valence electrons. The predicted molar refractivity (Wildman–Crippen MR) is 67.3 cm³/mol. The van der Waals surface area contributed by atoms with Gasteiger partial charge in [0.2, 0.25) is 0 Å². The fourth-order valence-electron chi connectivity index (χ4n) is 1.81. The van der Waals surface area contributed by atoms with Gasteiger partial charge in [-0.3, -0.25) is 4.98 Å². The van der Waals surface area contributed by atoms with E-state index in [9.17, 15) is 5.11 Å². The SMILES string of the molecule is CNCC(O)c1cc2ncc(Br)cc2n1C. The normalized spacial score (nSPS) is 13.2. The predicted octanol–water partition coefficient (Wildman–Crippen LogP) is 1.59. The van der Waals surface area contributed by atoms with Crippen LogP contribution in [0.15, 0.2) is 22.8 Å². The summed E-state index contributed by atoms with van der Waals surface area (Å²) in [5.41, 5.74) is 2.78. The second kappa shape index (κ2) is 4.53. The van der Waals surface area contributed by atoms with E-state index in [0.717, 1.165) is 21.2 Å². The zero-order valence-electron chi connectivity index (χ0n) is 9.24. The number of aryl methyl sites for hydroxylation is 1. The number of likely N-dealkylation sites (N-methyl/N-ethyl adjacent to an activating group) is 1. The lowest BCUT2D eigenvalue weighted by atomic mass is 10.2. The van der Waals surface area contributed by atoms with Crippen LogP contribution in [0, 0.1) is 0 Å². The smallest absolute Gasteiger partial charge is 0.106 e. The topological polar surface area (TPSA) is 50.1 Å². The second-order valence-corrected chi connectivity index (χ2v) is 4.68. The van der Waals surface area contributed by atoms with Gasteiger partial charge in [-0.15, -0.1) is 0 Å². The van der Waals surface area contributed by atoms with Crippen LogP contribution in [0.3, 0.4) is 0 Å². The van der Waals surface area contributed by atoms with Crippen molar-refractivity contribution in [1.29, 1.82) is 0 Å². The molecule has 5 heteroatoms. The lowest BCUT2D eigenvalue weighted by Gasteiger charge is -2.11. The zero-order chi connectivity index (χ0) is 11.7. The number of pyridine rings is 1. The summed E-state index contributed by atoms with van der Waals surface area (Å²) in [4.78, 5) is 4.31. The highest BCUT2D eigenvalue weighted by Crippen LogP contribution is 2.23. The van der Waals surface area contributed by atoms with Crippen molar-refractivity contribution in [1.82, 2.24) is 14.9 Å². The molecule has 0 bridgehead atoms. The van der Waals surface area contributed by atoms with Crippen molar-refractivity contribution >= 4 is 27.0 Å². The molecule has 1 unspecified atom stereocenters. The van der Waals surface area contributed by atoms with Crippen molar-refractivity contribution in [2.75, 3.05) is 13.6 Å². The molecule has 0 saturated carbocycles. The van der Waals surface area contributed by atoms with Crippen LogP contribution in [0.5, 0.6) is 0 Å². The highest BCUT2D eigenvalue weighted by atomic mass is 79.9. The average Bonchev–Trinajstić information content (AvgIpc) is 2.57. The first-order valence-electron chi connectivity index (χ1n) is 5.07. The molecule has 1 atom stereocenters. The van der Waals surface area contributed by atoms with Crippen molar-refractivity contribution in [3.63, 3.8) is 0 Å². The molecule has 2 N–H and O–H groups in total. The van der Waals surface area contributed by atoms with Crippen molar-refractivity contribution in [2.24, 2.45) is 7.05 Å². The van der Waals surface area contributed by atoms with E-state index < -0.39 is 6.10 Å². The van der Waals surface area contributed by atoms with Gasteiger partial charge < -0.3 is 15.0 Å². The summed E-state index contributed by atoms with van der Waals surface area (Å²) in [5.74, 6) is 0. The van der Waals surface area contributed by atoms with Gasteiger partial charge in [0.25, 0.3) is 0 Å². The third-order valence-corrected chi connectivity index (χ3v) is 3.07. The van der Waals surface area contributed by atoms with Crippen molar-refractivity contribution in [3.05, 3.63) is 28.5 Å². The molecule has 0 aliphatic heterocycles. The Labute approximate surface area is 102 Å². The number of rotatable bonds is 3. The number of aromatic nitrogens is 2. The highest BCUT2D eigenvalue weighted by Gasteiger charge is 2.14. The van der Waals surface area contributed by atoms with Crippen LogP contribution in [0.1, 0.15) is 11.8 Å². The number of hydrogen-bond donors (Lipinski definition) is 2. The Balaban J connectivity index is 2.51. The van der Waals surface area contributed by atoms with E-state index in [1.807, 2.05) is 30.8 Å². The van der Waals surface area contributed by atoms with Gasteiger partial charge in [-0.1, -0.05) is 0 Å². The molecule has 4 nitrogen and oxygen atoms in total. The second-order valence-electron chi connectivity index (χ2n) is 3.76. The molecular formula is C11H14BrN3O. The highest BCUT2D eigenvalue weighted by molar-refractivity contribution is 9.10. The average molecular weight is 284 g/mol. The molecule has 2 aromatic rings. The maximum absolute atomic E-state index is 9.95. The number of nitrogens with one attached hydrogen (secondary N) is 1. The van der Waals surface area contributed by atoms with Crippen LogP contribution < -0.4 is 5.32 Å². The molecular weight excluding hydrogens is 270 g/mol. The summed E-state index contributed by atoms with van der Waals surface area (Å²) >= 11 is 3.39. The first kappa shape index (κ1) is 11.6. The van der Waals surface area contributed by atoms with E-state index in [1.54, 1.807) is 6.20 Å². The van der Waals surface area contributed by atoms with Crippen molar-refractivity contribution < 1.29 is 5.11 Å². The lowest BCUT2D eigenvalue weighted by Crippen LogP contribution is -2.18. The Kier molecular flexibility index (Phi) is 3.28. The first-order valence-corrected chi connectivity index (χ1v) is 5.86. The fourth-order valence-corrected chi connectivity index (χ4v) is 2.13. The summed E-state index contributed by atoms with van der Waals surface area (Å²) in [6, 6.07) is 3.92. The Morgan fingerprint density at radius 2 is 2.31 bits per heavy atom. The summed E-state index contributed by atoms with van der Waals surface area (Å²) in [5, 5.41) is 12.9. The molecule has 0 radical (unpaired) electrons. The summed E-state index contributed by atoms with van der Waals surface area (Å²) in [6.07, 6.45) is 1.25. The zero-order valence-corrected chi connectivity index (χ0v) is 10.8. The van der Waals surface area contributed by atoms with Gasteiger partial charge in [0.05, 0.1) is 16.7 Å². The molecule has 0 aliphatic carbocycles. The van der Waals surface area contributed by atoms with Crippen LogP contribution in [-0.4, -0.2) is 28.3 Å². The minimum Gasteiger partial charge on any atom is -0.386 e. The van der Waals surface area contributed by atoms with E-state index in [-0.39, 0.29) is 0 Å². The Hall–Kier alpha value is -0.910. The van der Waals surface area contributed by atoms with Gasteiger partial charge in [-0.25, -0.2) is 0 Å². The van der Waals surface area contributed by atoms with Crippen LogP contribution in [0.2, 0.25) is 0 Å². The maximum atomic E-state index is 9.95. The molecule has 2 heterocycles. The monoisotopic (exact) mass is 283 g/mol. The van der Waals surface area contributed by atoms with Crippen molar-refractivity contribution in [2.45, 2.75) is 6.10 Å². The number of hydrogen-bond acceptors (Lipinski definition) is 3. The third kappa shape index (κ3) is 1.98. The maximum Gasteiger partial charge on any atom is 0.106 e. The van der Waals surface area contributed by atoms with Crippen LogP contribution >= 0.6 is 15.9 Å². The van der Waals surface area contributed by atoms with Crippen molar-refractivity contribution in [3.8, 4) is 0 Å². The molecule has 0 aromatic carbocycles. The largest absolute Gasteiger partial charge is 0.386 e. The summed E-state index contributed by atoms with van der Waals surface area (Å²) in [6.45, 7) is 0.533. The Bertz CT molecular complexity index is 509. The van der Waals surface area contributed by atoms with E-state index in [4.69, 9.17) is 0 Å². The van der Waals surface area contributed by atoms with E-state index in [2.05, 4.69) is 26.2 Å². The molecule has 2 aromatic heterocycles. The number of aliphatic hydroxyl groups is 1. The number of aliphatic hydroxyl groups excluding tert-OH is 1. The first-order chi connectivity index (χ1) is 7.63. The molecule has 2 rings (SSSR count). The van der Waals surface area contributed by atoms with Gasteiger partial charge in [0.15, 0.2) is 0 Å². The van der Waals surface area contributed by atoms with Crippen LogP contribution in [0.4, 0.5) is 0 Å². The number of fused-ring (bicyclic) bond motifs is 1. The third-order valence-electron chi connectivity index (χ3n) is 2.64. The molecule has 16 heavy (non-hydrogen) atoms. The van der Waals surface area contributed by atoms with Gasteiger partial charge in [-0.2, -0.15) is 0 Å². The minimum absolute atomic E-state index is 0.511.